The van der Waals surface area contributed by atoms with Crippen LogP contribution < -0.4 is 5.43 Å². The van der Waals surface area contributed by atoms with E-state index in [9.17, 15) is 22.8 Å². The number of carbonyl (C=O) groups is 1. The van der Waals surface area contributed by atoms with Crippen LogP contribution in [0.2, 0.25) is 0 Å². The van der Waals surface area contributed by atoms with E-state index in [4.69, 9.17) is 0 Å². The summed E-state index contributed by atoms with van der Waals surface area (Å²) < 4.78 is 42.3. The van der Waals surface area contributed by atoms with E-state index in [0.717, 1.165) is 4.90 Å². The van der Waals surface area contributed by atoms with Gasteiger partial charge in [0.05, 0.1) is 13.2 Å². The first-order valence-corrected chi connectivity index (χ1v) is 5.96. The molecule has 20 heavy (non-hydrogen) atoms. The summed E-state index contributed by atoms with van der Waals surface area (Å²) in [5, 5.41) is 0. The van der Waals surface area contributed by atoms with Crippen LogP contribution in [0.25, 0.3) is 0 Å². The number of aromatic nitrogens is 1. The molecule has 1 fully saturated rings. The largest absolute Gasteiger partial charge is 0.416 e. The van der Waals surface area contributed by atoms with Gasteiger partial charge in [-0.15, -0.1) is 0 Å². The second kappa shape index (κ2) is 5.28. The molecule has 0 radical (unpaired) electrons. The minimum absolute atomic E-state index is 0.0265. The maximum Gasteiger partial charge on any atom is 0.416 e. The van der Waals surface area contributed by atoms with Gasteiger partial charge in [0.2, 0.25) is 0 Å². The first kappa shape index (κ1) is 14.6. The lowest BCUT2D eigenvalue weighted by Gasteiger charge is -2.33. The SMILES string of the molecule is Cc1cc(=O)c(C(=O)N2CCO[C@@H](C(F)(F)F)C2)c[nH]1. The van der Waals surface area contributed by atoms with E-state index in [0.29, 0.717) is 5.69 Å². The highest BCUT2D eigenvalue weighted by atomic mass is 19.4. The van der Waals surface area contributed by atoms with Crippen molar-refractivity contribution in [2.75, 3.05) is 19.7 Å². The summed E-state index contributed by atoms with van der Waals surface area (Å²) in [5.74, 6) is -0.719. The Bertz CT molecular complexity index is 568. The predicted octanol–water partition coefficient (Wildman–Crippen LogP) is 1.09. The fourth-order valence-electron chi connectivity index (χ4n) is 1.94. The summed E-state index contributed by atoms with van der Waals surface area (Å²) >= 11 is 0. The van der Waals surface area contributed by atoms with Crippen molar-refractivity contribution in [3.8, 4) is 0 Å². The Balaban J connectivity index is 2.19. The monoisotopic (exact) mass is 290 g/mol. The maximum atomic E-state index is 12.6. The molecule has 0 aromatic carbocycles. The van der Waals surface area contributed by atoms with Gasteiger partial charge < -0.3 is 14.6 Å². The minimum atomic E-state index is -4.53. The lowest BCUT2D eigenvalue weighted by molar-refractivity contribution is -0.233. The van der Waals surface area contributed by atoms with Crippen molar-refractivity contribution in [1.82, 2.24) is 9.88 Å². The summed E-state index contributed by atoms with van der Waals surface area (Å²) in [4.78, 5) is 27.5. The Morgan fingerprint density at radius 1 is 1.50 bits per heavy atom. The van der Waals surface area contributed by atoms with E-state index < -0.39 is 30.2 Å². The average Bonchev–Trinajstić information content (AvgIpc) is 2.37. The number of nitrogens with one attached hydrogen (secondary N) is 1. The minimum Gasteiger partial charge on any atom is -0.365 e. The fourth-order valence-corrected chi connectivity index (χ4v) is 1.94. The van der Waals surface area contributed by atoms with Gasteiger partial charge >= 0.3 is 6.18 Å². The smallest absolute Gasteiger partial charge is 0.365 e. The van der Waals surface area contributed by atoms with Gasteiger partial charge in [0.1, 0.15) is 5.56 Å². The van der Waals surface area contributed by atoms with Gasteiger partial charge in [-0.3, -0.25) is 9.59 Å². The van der Waals surface area contributed by atoms with E-state index in [2.05, 4.69) is 9.72 Å². The highest BCUT2D eigenvalue weighted by Gasteiger charge is 2.44. The molecule has 8 heteroatoms. The highest BCUT2D eigenvalue weighted by molar-refractivity contribution is 5.93. The van der Waals surface area contributed by atoms with Crippen LogP contribution in [0.3, 0.4) is 0 Å². The molecule has 1 aromatic heterocycles. The molecule has 0 aliphatic carbocycles. The molecule has 0 saturated carbocycles. The van der Waals surface area contributed by atoms with Crippen LogP contribution in [-0.4, -0.2) is 47.8 Å². The normalized spacial score (nSPS) is 20.0. The third kappa shape index (κ3) is 3.01. The molecule has 1 aliphatic heterocycles. The van der Waals surface area contributed by atoms with Crippen LogP contribution in [0.5, 0.6) is 0 Å². The number of H-pyrrole nitrogens is 1. The topological polar surface area (TPSA) is 62.4 Å². The Kier molecular flexibility index (Phi) is 3.85. The molecule has 0 bridgehead atoms. The number of aromatic amines is 1. The molecule has 1 amide bonds. The maximum absolute atomic E-state index is 12.6. The number of nitrogens with zero attached hydrogens (tertiary/aromatic N) is 1. The van der Waals surface area contributed by atoms with Crippen molar-refractivity contribution in [1.29, 1.82) is 0 Å². The number of alkyl halides is 3. The quantitative estimate of drug-likeness (QED) is 0.842. The average molecular weight is 290 g/mol. The Morgan fingerprint density at radius 3 is 2.80 bits per heavy atom. The van der Waals surface area contributed by atoms with Crippen molar-refractivity contribution < 1.29 is 22.7 Å². The van der Waals surface area contributed by atoms with Crippen LogP contribution in [0.15, 0.2) is 17.1 Å². The molecule has 2 heterocycles. The van der Waals surface area contributed by atoms with Crippen LogP contribution >= 0.6 is 0 Å². The van der Waals surface area contributed by atoms with Gasteiger partial charge in [-0.05, 0) is 6.92 Å². The van der Waals surface area contributed by atoms with Gasteiger partial charge in [-0.2, -0.15) is 13.2 Å². The van der Waals surface area contributed by atoms with Gasteiger partial charge in [0.25, 0.3) is 5.91 Å². The number of amides is 1. The van der Waals surface area contributed by atoms with E-state index in [1.165, 1.54) is 12.3 Å². The number of rotatable bonds is 1. The Hall–Kier alpha value is -1.83. The van der Waals surface area contributed by atoms with Crippen molar-refractivity contribution in [2.45, 2.75) is 19.2 Å². The fraction of sp³-hybridized carbons (Fsp3) is 0.500. The van der Waals surface area contributed by atoms with Gasteiger partial charge in [0, 0.05) is 24.5 Å². The molecule has 1 aromatic rings. The van der Waals surface area contributed by atoms with Crippen LogP contribution in [-0.2, 0) is 4.74 Å². The summed E-state index contributed by atoms with van der Waals surface area (Å²) in [7, 11) is 0. The molecule has 2 rings (SSSR count). The third-order valence-corrected chi connectivity index (χ3v) is 3.01. The zero-order chi connectivity index (χ0) is 14.9. The zero-order valence-corrected chi connectivity index (χ0v) is 10.7. The second-order valence-corrected chi connectivity index (χ2v) is 4.55. The van der Waals surface area contributed by atoms with Gasteiger partial charge in [0.15, 0.2) is 11.5 Å². The standard InChI is InChI=1S/C12H13F3N2O3/c1-7-4-9(18)8(5-16-7)11(19)17-2-3-20-10(6-17)12(13,14)15/h4-5,10H,2-3,6H2,1H3,(H,16,18)/t10-/m1/s1. The number of hydrogen-bond acceptors (Lipinski definition) is 3. The molecule has 1 saturated heterocycles. The van der Waals surface area contributed by atoms with Gasteiger partial charge in [-0.1, -0.05) is 0 Å². The third-order valence-electron chi connectivity index (χ3n) is 3.01. The number of ether oxygens (including phenoxy) is 1. The summed E-state index contributed by atoms with van der Waals surface area (Å²) in [6.07, 6.45) is -5.32. The van der Waals surface area contributed by atoms with E-state index in [1.807, 2.05) is 0 Å². The van der Waals surface area contributed by atoms with Gasteiger partial charge in [-0.25, -0.2) is 0 Å². The number of carbonyl (C=O) groups excluding carboxylic acids is 1. The van der Waals surface area contributed by atoms with Crippen molar-refractivity contribution in [3.63, 3.8) is 0 Å². The van der Waals surface area contributed by atoms with Crippen molar-refractivity contribution in [3.05, 3.63) is 33.7 Å². The molecule has 0 unspecified atom stereocenters. The molecular weight excluding hydrogens is 277 g/mol. The molecule has 0 spiro atoms. The first-order chi connectivity index (χ1) is 9.29. The lowest BCUT2D eigenvalue weighted by atomic mass is 10.2. The predicted molar refractivity (Wildman–Crippen MR) is 63.5 cm³/mol. The molecular formula is C12H13F3N2O3. The van der Waals surface area contributed by atoms with E-state index in [-0.39, 0.29) is 18.7 Å². The number of halogens is 3. The number of aryl methyl sites for hydroxylation is 1. The second-order valence-electron chi connectivity index (χ2n) is 4.55. The van der Waals surface area contributed by atoms with Crippen LogP contribution in [0.4, 0.5) is 13.2 Å². The molecule has 1 N–H and O–H groups in total. The summed E-state index contributed by atoms with van der Waals surface area (Å²) in [5.41, 5.74) is -0.110. The van der Waals surface area contributed by atoms with Crippen LogP contribution in [0, 0.1) is 6.92 Å². The number of hydrogen-bond donors (Lipinski definition) is 1. The lowest BCUT2D eigenvalue weighted by Crippen LogP contribution is -2.51. The molecule has 5 nitrogen and oxygen atoms in total. The Labute approximate surface area is 112 Å². The van der Waals surface area contributed by atoms with Crippen molar-refractivity contribution >= 4 is 5.91 Å². The number of pyridine rings is 1. The first-order valence-electron chi connectivity index (χ1n) is 5.96. The van der Waals surface area contributed by atoms with E-state index >= 15 is 0 Å². The molecule has 110 valence electrons. The van der Waals surface area contributed by atoms with Crippen molar-refractivity contribution in [2.24, 2.45) is 0 Å². The summed E-state index contributed by atoms with van der Waals surface area (Å²) in [6, 6.07) is 1.23. The highest BCUT2D eigenvalue weighted by Crippen LogP contribution is 2.26. The summed E-state index contributed by atoms with van der Waals surface area (Å²) in [6.45, 7) is 0.859. The number of morpholine rings is 1. The van der Waals surface area contributed by atoms with E-state index in [1.54, 1.807) is 6.92 Å². The zero-order valence-electron chi connectivity index (χ0n) is 10.7. The van der Waals surface area contributed by atoms with Crippen LogP contribution in [0.1, 0.15) is 16.1 Å². The Morgan fingerprint density at radius 2 is 2.20 bits per heavy atom. The molecule has 1 atom stereocenters. The molecule has 1 aliphatic rings.